The molecule has 0 amide bonds. The van der Waals surface area contributed by atoms with Gasteiger partial charge in [0.05, 0.1) is 18.8 Å². The summed E-state index contributed by atoms with van der Waals surface area (Å²) < 4.78 is 12.5. The van der Waals surface area contributed by atoms with Gasteiger partial charge in [0.25, 0.3) is 0 Å². The molecule has 1 rings (SSSR count). The first kappa shape index (κ1) is 18.0. The molecule has 0 saturated heterocycles. The molecule has 0 saturated carbocycles. The smallest absolute Gasteiger partial charge is 0.185 e. The standard InChI is InChI=1S/C15H26BrN3O2/c1-15(2,3)21-8-4-7-20-13-6-5-11(9-12(13)16)10-19-14(17)18/h5-6,11H,4,7-10H2,1-3H3,(H4,17,18,19). The van der Waals surface area contributed by atoms with Crippen molar-refractivity contribution in [3.63, 3.8) is 0 Å². The molecule has 6 heteroatoms. The van der Waals surface area contributed by atoms with Crippen LogP contribution >= 0.6 is 15.9 Å². The van der Waals surface area contributed by atoms with Crippen LogP contribution in [0.5, 0.6) is 0 Å². The Balaban J connectivity index is 2.26. The lowest BCUT2D eigenvalue weighted by Crippen LogP contribution is -2.34. The topological polar surface area (TPSA) is 80.4 Å². The van der Waals surface area contributed by atoms with E-state index in [4.69, 9.17) is 20.6 Å². The highest BCUT2D eigenvalue weighted by Gasteiger charge is 2.16. The number of nitrogens with two attached hydrogens (primary N) is 1. The van der Waals surface area contributed by atoms with Gasteiger partial charge in [-0.2, -0.15) is 0 Å². The Labute approximate surface area is 135 Å². The average Bonchev–Trinajstić information content (AvgIpc) is 2.36. The molecule has 0 aromatic heterocycles. The van der Waals surface area contributed by atoms with Gasteiger partial charge in [-0.15, -0.1) is 0 Å². The van der Waals surface area contributed by atoms with Crippen LogP contribution in [0.4, 0.5) is 0 Å². The van der Waals surface area contributed by atoms with E-state index in [-0.39, 0.29) is 11.6 Å². The highest BCUT2D eigenvalue weighted by molar-refractivity contribution is 9.11. The SMILES string of the molecule is CC(C)(C)OCCCOC1=C(Br)CC(CNC(=N)N)C=C1. The zero-order chi connectivity index (χ0) is 15.9. The third-order valence-corrected chi connectivity index (χ3v) is 3.58. The van der Waals surface area contributed by atoms with Crippen molar-refractivity contribution in [2.45, 2.75) is 39.2 Å². The van der Waals surface area contributed by atoms with Crippen molar-refractivity contribution in [3.05, 3.63) is 22.4 Å². The van der Waals surface area contributed by atoms with Gasteiger partial charge in [-0.25, -0.2) is 0 Å². The molecule has 1 aliphatic carbocycles. The second kappa shape index (κ2) is 8.44. The van der Waals surface area contributed by atoms with E-state index in [0.717, 1.165) is 23.1 Å². The summed E-state index contributed by atoms with van der Waals surface area (Å²) in [5.74, 6) is 1.20. The third kappa shape index (κ3) is 8.12. The number of hydrogen-bond donors (Lipinski definition) is 3. The van der Waals surface area contributed by atoms with Crippen LogP contribution < -0.4 is 11.1 Å². The number of rotatable bonds is 7. The van der Waals surface area contributed by atoms with Crippen molar-refractivity contribution in [3.8, 4) is 0 Å². The number of nitrogens with one attached hydrogen (secondary N) is 2. The Morgan fingerprint density at radius 1 is 1.48 bits per heavy atom. The van der Waals surface area contributed by atoms with Crippen LogP contribution in [0.2, 0.25) is 0 Å². The zero-order valence-corrected chi connectivity index (χ0v) is 14.6. The van der Waals surface area contributed by atoms with Crippen molar-refractivity contribution in [2.24, 2.45) is 11.7 Å². The van der Waals surface area contributed by atoms with Crippen molar-refractivity contribution < 1.29 is 9.47 Å². The number of hydrogen-bond acceptors (Lipinski definition) is 3. The first-order chi connectivity index (χ1) is 9.78. The molecule has 0 aromatic rings. The molecular weight excluding hydrogens is 334 g/mol. The van der Waals surface area contributed by atoms with E-state index in [9.17, 15) is 0 Å². The van der Waals surface area contributed by atoms with Gasteiger partial charge in [-0.3, -0.25) is 5.41 Å². The molecule has 4 N–H and O–H groups in total. The van der Waals surface area contributed by atoms with E-state index >= 15 is 0 Å². The first-order valence-electron chi connectivity index (χ1n) is 7.19. The van der Waals surface area contributed by atoms with Crippen LogP contribution in [-0.2, 0) is 9.47 Å². The second-order valence-corrected chi connectivity index (χ2v) is 7.01. The Hall–Kier alpha value is -1.01. The highest BCUT2D eigenvalue weighted by Crippen LogP contribution is 2.28. The van der Waals surface area contributed by atoms with E-state index < -0.39 is 0 Å². The lowest BCUT2D eigenvalue weighted by atomic mass is 10.00. The van der Waals surface area contributed by atoms with E-state index in [1.54, 1.807) is 0 Å². The van der Waals surface area contributed by atoms with Gasteiger partial charge < -0.3 is 20.5 Å². The van der Waals surface area contributed by atoms with Gasteiger partial charge in [0.1, 0.15) is 5.76 Å². The van der Waals surface area contributed by atoms with Gasteiger partial charge in [-0.05, 0) is 39.2 Å². The van der Waals surface area contributed by atoms with E-state index in [1.165, 1.54) is 0 Å². The average molecular weight is 360 g/mol. The Kier molecular flexibility index (Phi) is 7.25. The number of guanidine groups is 1. The van der Waals surface area contributed by atoms with Crippen molar-refractivity contribution in [1.82, 2.24) is 5.32 Å². The molecule has 0 radical (unpaired) electrons. The van der Waals surface area contributed by atoms with Gasteiger partial charge in [0.15, 0.2) is 5.96 Å². The van der Waals surface area contributed by atoms with Crippen LogP contribution in [0.1, 0.15) is 33.6 Å². The molecular formula is C15H26BrN3O2. The normalized spacial score (nSPS) is 18.8. The van der Waals surface area contributed by atoms with Crippen molar-refractivity contribution >= 4 is 21.9 Å². The molecule has 120 valence electrons. The molecule has 1 aliphatic rings. The monoisotopic (exact) mass is 359 g/mol. The predicted molar refractivity (Wildman–Crippen MR) is 89.4 cm³/mol. The fourth-order valence-electron chi connectivity index (χ4n) is 1.84. The molecule has 0 aliphatic heterocycles. The van der Waals surface area contributed by atoms with E-state index in [1.807, 2.05) is 26.8 Å². The summed E-state index contributed by atoms with van der Waals surface area (Å²) in [6.45, 7) is 8.14. The quantitative estimate of drug-likeness (QED) is 0.371. The minimum absolute atomic E-state index is 0.00407. The summed E-state index contributed by atoms with van der Waals surface area (Å²) in [5, 5.41) is 9.99. The lowest BCUT2D eigenvalue weighted by Gasteiger charge is -2.21. The molecule has 0 bridgehead atoms. The molecule has 21 heavy (non-hydrogen) atoms. The molecule has 1 atom stereocenters. The van der Waals surface area contributed by atoms with Crippen LogP contribution in [0.3, 0.4) is 0 Å². The van der Waals surface area contributed by atoms with Gasteiger partial charge >= 0.3 is 0 Å². The second-order valence-electron chi connectivity index (χ2n) is 6.05. The summed E-state index contributed by atoms with van der Waals surface area (Å²) in [5.41, 5.74) is 5.19. The summed E-state index contributed by atoms with van der Waals surface area (Å²) >= 11 is 3.56. The zero-order valence-electron chi connectivity index (χ0n) is 13.0. The number of ether oxygens (including phenoxy) is 2. The largest absolute Gasteiger partial charge is 0.493 e. The Bertz CT molecular complexity index is 414. The Morgan fingerprint density at radius 2 is 2.19 bits per heavy atom. The van der Waals surface area contributed by atoms with Gasteiger partial charge in [-0.1, -0.05) is 22.0 Å². The fourth-order valence-corrected chi connectivity index (χ4v) is 2.50. The summed E-state index contributed by atoms with van der Waals surface area (Å²) in [7, 11) is 0. The first-order valence-corrected chi connectivity index (χ1v) is 7.99. The molecule has 5 nitrogen and oxygen atoms in total. The van der Waals surface area contributed by atoms with Crippen LogP contribution in [-0.4, -0.2) is 31.3 Å². The molecule has 0 heterocycles. The highest BCUT2D eigenvalue weighted by atomic mass is 79.9. The molecule has 0 spiro atoms. The maximum atomic E-state index is 7.16. The maximum absolute atomic E-state index is 7.16. The summed E-state index contributed by atoms with van der Waals surface area (Å²) in [4.78, 5) is 0. The summed E-state index contributed by atoms with van der Waals surface area (Å²) in [6, 6.07) is 0. The minimum Gasteiger partial charge on any atom is -0.493 e. The van der Waals surface area contributed by atoms with E-state index in [0.29, 0.717) is 25.7 Å². The summed E-state index contributed by atoms with van der Waals surface area (Å²) in [6.07, 6.45) is 5.78. The maximum Gasteiger partial charge on any atom is 0.185 e. The number of halogens is 1. The van der Waals surface area contributed by atoms with E-state index in [2.05, 4.69) is 27.3 Å². The van der Waals surface area contributed by atoms with Crippen LogP contribution in [0.25, 0.3) is 0 Å². The molecule has 1 unspecified atom stereocenters. The minimum atomic E-state index is -0.0957. The van der Waals surface area contributed by atoms with Crippen LogP contribution in [0, 0.1) is 11.3 Å². The predicted octanol–water partition coefficient (Wildman–Crippen LogP) is 2.87. The van der Waals surface area contributed by atoms with Crippen molar-refractivity contribution in [2.75, 3.05) is 19.8 Å². The molecule has 0 aromatic carbocycles. The Morgan fingerprint density at radius 3 is 2.76 bits per heavy atom. The third-order valence-electron chi connectivity index (χ3n) is 2.86. The number of allylic oxidation sites excluding steroid dienone is 2. The van der Waals surface area contributed by atoms with Gasteiger partial charge in [0, 0.05) is 17.4 Å². The van der Waals surface area contributed by atoms with Gasteiger partial charge in [0.2, 0.25) is 0 Å². The van der Waals surface area contributed by atoms with Crippen molar-refractivity contribution in [1.29, 1.82) is 5.41 Å². The lowest BCUT2D eigenvalue weighted by molar-refractivity contribution is -0.0101. The fraction of sp³-hybridized carbons (Fsp3) is 0.667. The molecule has 0 fully saturated rings. The van der Waals surface area contributed by atoms with Crippen LogP contribution in [0.15, 0.2) is 22.4 Å².